The van der Waals surface area contributed by atoms with E-state index >= 15 is 0 Å². The van der Waals surface area contributed by atoms with Crippen molar-refractivity contribution < 1.29 is 22.6 Å². The number of non-ortho nitro benzene ring substituents is 1. The average molecular weight is 445 g/mol. The van der Waals surface area contributed by atoms with Crippen molar-refractivity contribution in [3.05, 3.63) is 64.1 Å². The van der Waals surface area contributed by atoms with E-state index in [1.54, 1.807) is 11.0 Å². The van der Waals surface area contributed by atoms with E-state index < -0.39 is 14.9 Å². The van der Waals surface area contributed by atoms with Crippen molar-refractivity contribution in [1.82, 2.24) is 9.21 Å². The first-order valence-corrected chi connectivity index (χ1v) is 11.5. The highest BCUT2D eigenvalue weighted by Gasteiger charge is 2.36. The number of nitrogens with zero attached hydrogens (tertiary/aromatic N) is 3. The Morgan fingerprint density at radius 1 is 1.13 bits per heavy atom. The minimum atomic E-state index is -3.77. The number of hydrogen-bond acceptors (Lipinski definition) is 6. The third-order valence-electron chi connectivity index (χ3n) is 5.75. The summed E-state index contributed by atoms with van der Waals surface area (Å²) in [4.78, 5) is 24.2. The van der Waals surface area contributed by atoms with E-state index in [0.717, 1.165) is 12.2 Å². The predicted octanol–water partition coefficient (Wildman–Crippen LogP) is 2.86. The molecule has 4 rings (SSSR count). The Bertz CT molecular complexity index is 1110. The van der Waals surface area contributed by atoms with Crippen molar-refractivity contribution in [3.63, 3.8) is 0 Å². The van der Waals surface area contributed by atoms with Crippen LogP contribution in [0.4, 0.5) is 5.69 Å². The van der Waals surface area contributed by atoms with Gasteiger partial charge in [-0.1, -0.05) is 6.92 Å². The molecule has 1 aliphatic carbocycles. The van der Waals surface area contributed by atoms with Gasteiger partial charge >= 0.3 is 0 Å². The molecule has 0 radical (unpaired) electrons. The summed E-state index contributed by atoms with van der Waals surface area (Å²) >= 11 is 0. The van der Waals surface area contributed by atoms with Gasteiger partial charge in [0.2, 0.25) is 15.9 Å². The molecule has 1 amide bonds. The SMILES string of the molecule is CC1CC1c1ccc(/C=C/C(=O)N2CCN(S(=O)(=O)c3ccc([N+](=O)[O-])cc3)CC2)o1. The number of hydrogen-bond donors (Lipinski definition) is 0. The molecule has 2 aliphatic rings. The molecule has 1 saturated heterocycles. The first-order chi connectivity index (χ1) is 14.8. The van der Waals surface area contributed by atoms with Crippen LogP contribution in [0, 0.1) is 16.0 Å². The Labute approximate surface area is 180 Å². The molecular weight excluding hydrogens is 422 g/mol. The van der Waals surface area contributed by atoms with Gasteiger partial charge in [-0.25, -0.2) is 8.42 Å². The Kier molecular flexibility index (Phi) is 5.67. The molecule has 0 bridgehead atoms. The molecule has 164 valence electrons. The average Bonchev–Trinajstić information content (AvgIpc) is 3.31. The molecule has 1 aromatic carbocycles. The van der Waals surface area contributed by atoms with Crippen LogP contribution in [0.3, 0.4) is 0 Å². The first-order valence-electron chi connectivity index (χ1n) is 10.1. The van der Waals surface area contributed by atoms with E-state index in [1.807, 2.05) is 12.1 Å². The summed E-state index contributed by atoms with van der Waals surface area (Å²) in [5, 5.41) is 10.8. The minimum Gasteiger partial charge on any atom is -0.461 e. The second-order valence-electron chi connectivity index (χ2n) is 7.87. The zero-order valence-corrected chi connectivity index (χ0v) is 17.8. The van der Waals surface area contributed by atoms with Gasteiger partial charge in [-0.15, -0.1) is 0 Å². The fourth-order valence-corrected chi connectivity index (χ4v) is 5.09. The Balaban J connectivity index is 1.33. The molecule has 1 saturated carbocycles. The quantitative estimate of drug-likeness (QED) is 0.384. The fourth-order valence-electron chi connectivity index (χ4n) is 3.67. The highest BCUT2D eigenvalue weighted by molar-refractivity contribution is 7.89. The smallest absolute Gasteiger partial charge is 0.269 e. The number of amides is 1. The van der Waals surface area contributed by atoms with Crippen molar-refractivity contribution in [2.75, 3.05) is 26.2 Å². The second-order valence-corrected chi connectivity index (χ2v) is 9.81. The van der Waals surface area contributed by atoms with Crippen molar-refractivity contribution in [2.45, 2.75) is 24.2 Å². The Morgan fingerprint density at radius 3 is 2.35 bits per heavy atom. The second kappa shape index (κ2) is 8.27. The largest absolute Gasteiger partial charge is 0.461 e. The number of piperazine rings is 1. The number of nitro benzene ring substituents is 1. The molecule has 1 aliphatic heterocycles. The van der Waals surface area contributed by atoms with Gasteiger partial charge in [0.1, 0.15) is 11.5 Å². The number of benzene rings is 1. The maximum absolute atomic E-state index is 12.8. The van der Waals surface area contributed by atoms with Crippen molar-refractivity contribution in [2.24, 2.45) is 5.92 Å². The molecule has 2 unspecified atom stereocenters. The van der Waals surface area contributed by atoms with E-state index in [4.69, 9.17) is 4.42 Å². The fraction of sp³-hybridized carbons (Fsp3) is 0.381. The normalized spacial score (nSPS) is 22.0. The van der Waals surface area contributed by atoms with Gasteiger partial charge in [0.05, 0.1) is 9.82 Å². The molecule has 2 fully saturated rings. The van der Waals surface area contributed by atoms with Crippen LogP contribution in [-0.2, 0) is 14.8 Å². The van der Waals surface area contributed by atoms with Gasteiger partial charge in [-0.2, -0.15) is 4.31 Å². The van der Waals surface area contributed by atoms with Crippen molar-refractivity contribution in [3.8, 4) is 0 Å². The summed E-state index contributed by atoms with van der Waals surface area (Å²) in [5.74, 6) is 2.49. The van der Waals surface area contributed by atoms with E-state index in [-0.39, 0.29) is 42.7 Å². The van der Waals surface area contributed by atoms with Crippen LogP contribution in [-0.4, -0.2) is 54.6 Å². The summed E-state index contributed by atoms with van der Waals surface area (Å²) in [6.07, 6.45) is 4.21. The van der Waals surface area contributed by atoms with Crippen LogP contribution in [0.1, 0.15) is 30.8 Å². The number of sulfonamides is 1. The lowest BCUT2D eigenvalue weighted by Crippen LogP contribution is -2.50. The molecular formula is C21H23N3O6S. The lowest BCUT2D eigenvalue weighted by Gasteiger charge is -2.33. The topological polar surface area (TPSA) is 114 Å². The van der Waals surface area contributed by atoms with Gasteiger partial charge in [0.25, 0.3) is 5.69 Å². The Hall–Kier alpha value is -2.98. The van der Waals surface area contributed by atoms with E-state index in [2.05, 4.69) is 6.92 Å². The van der Waals surface area contributed by atoms with Crippen LogP contribution in [0.2, 0.25) is 0 Å². The molecule has 31 heavy (non-hydrogen) atoms. The third kappa shape index (κ3) is 4.54. The van der Waals surface area contributed by atoms with Crippen LogP contribution in [0.15, 0.2) is 51.8 Å². The minimum absolute atomic E-state index is 0.00335. The molecule has 2 atom stereocenters. The molecule has 0 spiro atoms. The molecule has 2 aromatic rings. The van der Waals surface area contributed by atoms with Crippen LogP contribution in [0.25, 0.3) is 6.08 Å². The standard InChI is InChI=1S/C21H23N3O6S/c1-15-14-19(15)20-8-4-17(30-20)5-9-21(25)22-10-12-23(13-11-22)31(28,29)18-6-2-16(3-7-18)24(26)27/h2-9,15,19H,10-14H2,1H3/b9-5+. The summed E-state index contributed by atoms with van der Waals surface area (Å²) in [5.41, 5.74) is -0.170. The van der Waals surface area contributed by atoms with Crippen molar-refractivity contribution >= 4 is 27.7 Å². The van der Waals surface area contributed by atoms with Gasteiger partial charge in [-0.05, 0) is 42.7 Å². The van der Waals surface area contributed by atoms with Crippen LogP contribution in [0.5, 0.6) is 0 Å². The van der Waals surface area contributed by atoms with Gasteiger partial charge in [-0.3, -0.25) is 14.9 Å². The molecule has 2 heterocycles. The summed E-state index contributed by atoms with van der Waals surface area (Å²) < 4.78 is 32.6. The lowest BCUT2D eigenvalue weighted by molar-refractivity contribution is -0.384. The number of carbonyl (C=O) groups is 1. The summed E-state index contributed by atoms with van der Waals surface area (Å²) in [7, 11) is -3.77. The van der Waals surface area contributed by atoms with Crippen LogP contribution < -0.4 is 0 Å². The number of furan rings is 1. The van der Waals surface area contributed by atoms with Gasteiger partial charge in [0.15, 0.2) is 0 Å². The van der Waals surface area contributed by atoms with Gasteiger partial charge < -0.3 is 9.32 Å². The Morgan fingerprint density at radius 2 is 1.77 bits per heavy atom. The molecule has 1 aromatic heterocycles. The number of nitro groups is 1. The highest BCUT2D eigenvalue weighted by Crippen LogP contribution is 2.47. The third-order valence-corrected chi connectivity index (χ3v) is 7.66. The lowest BCUT2D eigenvalue weighted by atomic mass is 10.3. The molecule has 9 nitrogen and oxygen atoms in total. The number of rotatable bonds is 6. The molecule has 0 N–H and O–H groups in total. The zero-order valence-electron chi connectivity index (χ0n) is 17.0. The monoisotopic (exact) mass is 445 g/mol. The molecule has 10 heteroatoms. The summed E-state index contributed by atoms with van der Waals surface area (Å²) in [6.45, 7) is 3.01. The maximum Gasteiger partial charge on any atom is 0.269 e. The highest BCUT2D eigenvalue weighted by atomic mass is 32.2. The van der Waals surface area contributed by atoms with E-state index in [0.29, 0.717) is 17.6 Å². The maximum atomic E-state index is 12.8. The van der Waals surface area contributed by atoms with Crippen LogP contribution >= 0.6 is 0 Å². The summed E-state index contributed by atoms with van der Waals surface area (Å²) in [6, 6.07) is 8.59. The van der Waals surface area contributed by atoms with E-state index in [9.17, 15) is 23.3 Å². The number of carbonyl (C=O) groups excluding carboxylic acids is 1. The predicted molar refractivity (Wildman–Crippen MR) is 113 cm³/mol. The van der Waals surface area contributed by atoms with Gasteiger partial charge in [0, 0.05) is 50.3 Å². The first kappa shape index (κ1) is 21.3. The van der Waals surface area contributed by atoms with Crippen molar-refractivity contribution in [1.29, 1.82) is 0 Å². The van der Waals surface area contributed by atoms with E-state index in [1.165, 1.54) is 34.6 Å². The zero-order chi connectivity index (χ0) is 22.2.